The molecular weight excluding hydrogens is 270 g/mol. The van der Waals surface area contributed by atoms with E-state index >= 15 is 0 Å². The van der Waals surface area contributed by atoms with Gasteiger partial charge in [-0.15, -0.1) is 0 Å². The van der Waals surface area contributed by atoms with Gasteiger partial charge >= 0.3 is 5.69 Å². The zero-order valence-corrected chi connectivity index (χ0v) is 13.5. The molecule has 0 atom stereocenters. The van der Waals surface area contributed by atoms with Gasteiger partial charge in [0.1, 0.15) is 0 Å². The number of aryl methyl sites for hydroxylation is 1. The average molecular weight is 293 g/mol. The summed E-state index contributed by atoms with van der Waals surface area (Å²) in [5.41, 5.74) is 0.221. The van der Waals surface area contributed by atoms with Crippen LogP contribution in [0.3, 0.4) is 0 Å². The number of imidazole rings is 1. The van der Waals surface area contributed by atoms with Crippen LogP contribution in [0.5, 0.6) is 0 Å². The fourth-order valence-corrected chi connectivity index (χ4v) is 2.36. The summed E-state index contributed by atoms with van der Waals surface area (Å²) in [6, 6.07) is 0.189. The fourth-order valence-electron chi connectivity index (χ4n) is 2.36. The Morgan fingerprint density at radius 3 is 2.24 bits per heavy atom. The third-order valence-corrected chi connectivity index (χ3v) is 3.31. The molecule has 0 aliphatic carbocycles. The van der Waals surface area contributed by atoms with Crippen molar-refractivity contribution in [1.29, 1.82) is 0 Å². The molecule has 0 unspecified atom stereocenters. The number of nitrogens with zero attached hydrogens (tertiary/aromatic N) is 4. The van der Waals surface area contributed by atoms with Gasteiger partial charge in [-0.25, -0.2) is 4.79 Å². The van der Waals surface area contributed by atoms with Crippen LogP contribution in [-0.4, -0.2) is 24.7 Å². The van der Waals surface area contributed by atoms with E-state index in [0.29, 0.717) is 29.6 Å². The second-order valence-electron chi connectivity index (χ2n) is 6.12. The average Bonchev–Trinajstić information content (AvgIpc) is 2.71. The fraction of sp³-hybridized carbons (Fsp3) is 0.643. The monoisotopic (exact) mass is 293 g/mol. The maximum Gasteiger partial charge on any atom is 0.332 e. The quantitative estimate of drug-likeness (QED) is 0.909. The number of fused-ring (bicyclic) bond motifs is 1. The van der Waals surface area contributed by atoms with Crippen LogP contribution >= 0.6 is 0 Å². The lowest BCUT2D eigenvalue weighted by atomic mass is 10.2. The first-order valence-electron chi connectivity index (χ1n) is 7.16. The largest absolute Gasteiger partial charge is 0.353 e. The summed E-state index contributed by atoms with van der Waals surface area (Å²) in [5, 5.41) is 3.25. The third-order valence-electron chi connectivity index (χ3n) is 3.31. The molecule has 0 saturated carbocycles. The minimum Gasteiger partial charge on any atom is -0.353 e. The molecule has 21 heavy (non-hydrogen) atoms. The van der Waals surface area contributed by atoms with Crippen molar-refractivity contribution in [2.24, 2.45) is 20.0 Å². The molecule has 0 aromatic carbocycles. The number of anilines is 1. The highest BCUT2D eigenvalue weighted by Crippen LogP contribution is 2.18. The molecule has 0 spiro atoms. The summed E-state index contributed by atoms with van der Waals surface area (Å²) in [4.78, 5) is 29.0. The minimum atomic E-state index is -0.363. The molecular formula is C14H23N5O2. The molecule has 2 aromatic heterocycles. The van der Waals surface area contributed by atoms with Crippen molar-refractivity contribution in [2.45, 2.75) is 40.3 Å². The number of nitrogens with one attached hydrogen (secondary N) is 1. The van der Waals surface area contributed by atoms with Crippen molar-refractivity contribution in [3.8, 4) is 0 Å². The van der Waals surface area contributed by atoms with Gasteiger partial charge in [-0.1, -0.05) is 13.8 Å². The highest BCUT2D eigenvalue weighted by molar-refractivity contribution is 5.74. The second-order valence-corrected chi connectivity index (χ2v) is 6.12. The standard InChI is InChI=1S/C14H23N5O2/c1-8(2)7-19-10-11(16-13(19)15-9(3)4)17(5)14(21)18(6)12(10)20/h8-9H,7H2,1-6H3,(H,15,16). The molecule has 116 valence electrons. The van der Waals surface area contributed by atoms with E-state index in [1.54, 1.807) is 7.05 Å². The van der Waals surface area contributed by atoms with Crippen LogP contribution in [0, 0.1) is 5.92 Å². The van der Waals surface area contributed by atoms with E-state index in [0.717, 1.165) is 4.57 Å². The van der Waals surface area contributed by atoms with Gasteiger partial charge in [-0.3, -0.25) is 13.9 Å². The summed E-state index contributed by atoms with van der Waals surface area (Å²) < 4.78 is 4.42. The molecule has 7 nitrogen and oxygen atoms in total. The van der Waals surface area contributed by atoms with Crippen molar-refractivity contribution in [3.05, 3.63) is 20.8 Å². The minimum absolute atomic E-state index is 0.189. The Hall–Kier alpha value is -2.05. The maximum absolute atomic E-state index is 12.5. The molecule has 1 N–H and O–H groups in total. The summed E-state index contributed by atoms with van der Waals surface area (Å²) in [5.74, 6) is 0.990. The van der Waals surface area contributed by atoms with Crippen LogP contribution in [0.15, 0.2) is 9.59 Å². The normalized spacial score (nSPS) is 11.8. The summed E-state index contributed by atoms with van der Waals surface area (Å²) in [7, 11) is 3.13. The summed E-state index contributed by atoms with van der Waals surface area (Å²) in [6.45, 7) is 8.85. The Kier molecular flexibility index (Phi) is 3.93. The number of rotatable bonds is 4. The maximum atomic E-state index is 12.5. The lowest BCUT2D eigenvalue weighted by Crippen LogP contribution is -2.37. The number of aromatic nitrogens is 4. The van der Waals surface area contributed by atoms with Gasteiger partial charge in [0, 0.05) is 26.7 Å². The van der Waals surface area contributed by atoms with Crippen LogP contribution in [-0.2, 0) is 20.6 Å². The van der Waals surface area contributed by atoms with Crippen molar-refractivity contribution in [2.75, 3.05) is 5.32 Å². The predicted molar refractivity (Wildman–Crippen MR) is 83.8 cm³/mol. The molecule has 0 aliphatic rings. The van der Waals surface area contributed by atoms with Crippen LogP contribution in [0.2, 0.25) is 0 Å². The van der Waals surface area contributed by atoms with Gasteiger partial charge < -0.3 is 9.88 Å². The Morgan fingerprint density at radius 1 is 1.10 bits per heavy atom. The molecule has 2 heterocycles. The van der Waals surface area contributed by atoms with Crippen molar-refractivity contribution >= 4 is 17.1 Å². The Morgan fingerprint density at radius 2 is 1.71 bits per heavy atom. The van der Waals surface area contributed by atoms with Gasteiger partial charge in [0.2, 0.25) is 5.95 Å². The highest BCUT2D eigenvalue weighted by atomic mass is 16.2. The first-order valence-corrected chi connectivity index (χ1v) is 7.16. The Balaban J connectivity index is 2.87. The topological polar surface area (TPSA) is 73.8 Å². The highest BCUT2D eigenvalue weighted by Gasteiger charge is 2.19. The number of hydrogen-bond acceptors (Lipinski definition) is 4. The third kappa shape index (κ3) is 2.59. The van der Waals surface area contributed by atoms with Crippen LogP contribution in [0.4, 0.5) is 5.95 Å². The lowest BCUT2D eigenvalue weighted by molar-refractivity contribution is 0.532. The molecule has 0 fully saturated rings. The van der Waals surface area contributed by atoms with E-state index in [4.69, 9.17) is 0 Å². The van der Waals surface area contributed by atoms with E-state index in [2.05, 4.69) is 24.1 Å². The molecule has 7 heteroatoms. The van der Waals surface area contributed by atoms with Crippen molar-refractivity contribution < 1.29 is 0 Å². The second kappa shape index (κ2) is 5.38. The van der Waals surface area contributed by atoms with E-state index in [9.17, 15) is 9.59 Å². The molecule has 2 aromatic rings. The molecule has 0 amide bonds. The zero-order chi connectivity index (χ0) is 15.9. The summed E-state index contributed by atoms with van der Waals surface area (Å²) in [6.07, 6.45) is 0. The van der Waals surface area contributed by atoms with Crippen LogP contribution in [0.25, 0.3) is 11.2 Å². The van der Waals surface area contributed by atoms with E-state index < -0.39 is 0 Å². The molecule has 0 aliphatic heterocycles. The van der Waals surface area contributed by atoms with Crippen LogP contribution < -0.4 is 16.6 Å². The van der Waals surface area contributed by atoms with Gasteiger partial charge in [-0.05, 0) is 19.8 Å². The van der Waals surface area contributed by atoms with Crippen molar-refractivity contribution in [1.82, 2.24) is 18.7 Å². The smallest absolute Gasteiger partial charge is 0.332 e. The first-order chi connectivity index (χ1) is 9.73. The summed E-state index contributed by atoms with van der Waals surface area (Å²) >= 11 is 0. The molecule has 0 bridgehead atoms. The van der Waals surface area contributed by atoms with Gasteiger partial charge in [0.05, 0.1) is 0 Å². The van der Waals surface area contributed by atoms with Crippen molar-refractivity contribution in [3.63, 3.8) is 0 Å². The predicted octanol–water partition coefficient (Wildman–Crippen LogP) is 0.910. The first kappa shape index (κ1) is 15.3. The SMILES string of the molecule is CC(C)Cn1c(NC(C)C)nc2c1c(=O)n(C)c(=O)n2C. The molecule has 2 rings (SSSR count). The lowest BCUT2D eigenvalue weighted by Gasteiger charge is -2.14. The van der Waals surface area contributed by atoms with E-state index in [-0.39, 0.29) is 17.3 Å². The van der Waals surface area contributed by atoms with Gasteiger partial charge in [0.25, 0.3) is 5.56 Å². The van der Waals surface area contributed by atoms with E-state index in [1.165, 1.54) is 11.6 Å². The van der Waals surface area contributed by atoms with Crippen LogP contribution in [0.1, 0.15) is 27.7 Å². The number of hydrogen-bond donors (Lipinski definition) is 1. The van der Waals surface area contributed by atoms with Gasteiger partial charge in [0.15, 0.2) is 11.2 Å². The Bertz CT molecular complexity index is 779. The van der Waals surface area contributed by atoms with E-state index in [1.807, 2.05) is 18.4 Å². The Labute approximate surface area is 123 Å². The van der Waals surface area contributed by atoms with Gasteiger partial charge in [-0.2, -0.15) is 4.98 Å². The molecule has 0 saturated heterocycles. The zero-order valence-electron chi connectivity index (χ0n) is 13.5. The molecule has 0 radical (unpaired) electrons.